The largest absolute Gasteiger partial charge is 0.269 e. The Hall–Kier alpha value is -1.97. The number of anilines is 1. The Kier molecular flexibility index (Phi) is 1.89. The second kappa shape index (κ2) is 3.06. The lowest BCUT2D eigenvalue weighted by atomic mass is 10.3. The van der Waals surface area contributed by atoms with Gasteiger partial charge in [-0.15, -0.1) is 0 Å². The molecule has 1 aliphatic rings. The van der Waals surface area contributed by atoms with Gasteiger partial charge in [-0.05, 0) is 19.1 Å². The highest BCUT2D eigenvalue weighted by Gasteiger charge is 2.24. The Morgan fingerprint density at radius 2 is 1.86 bits per heavy atom. The van der Waals surface area contributed by atoms with Crippen LogP contribution in [0.1, 0.15) is 5.69 Å². The first-order valence-corrected chi connectivity index (χ1v) is 4.17. The molecule has 1 aromatic rings. The fourth-order valence-corrected chi connectivity index (χ4v) is 1.32. The first-order valence-electron chi connectivity index (χ1n) is 4.17. The van der Waals surface area contributed by atoms with Gasteiger partial charge in [-0.2, -0.15) is 0 Å². The van der Waals surface area contributed by atoms with Crippen LogP contribution in [0.4, 0.5) is 5.69 Å². The first-order chi connectivity index (χ1) is 6.68. The molecule has 0 bridgehead atoms. The van der Waals surface area contributed by atoms with Crippen molar-refractivity contribution in [2.45, 2.75) is 6.92 Å². The average molecular weight is 188 g/mol. The summed E-state index contributed by atoms with van der Waals surface area (Å²) in [5, 5.41) is 0. The number of carbonyl (C=O) groups excluding carboxylic acids is 2. The number of carbonyl (C=O) groups is 2. The zero-order chi connectivity index (χ0) is 10.1. The Labute approximate surface area is 80.9 Å². The highest BCUT2D eigenvalue weighted by Crippen LogP contribution is 2.18. The van der Waals surface area contributed by atoms with Gasteiger partial charge in [0.2, 0.25) is 0 Å². The van der Waals surface area contributed by atoms with Crippen LogP contribution in [0.5, 0.6) is 0 Å². The van der Waals surface area contributed by atoms with E-state index in [0.717, 1.165) is 10.6 Å². The maximum absolute atomic E-state index is 11.3. The highest BCUT2D eigenvalue weighted by atomic mass is 16.2. The van der Waals surface area contributed by atoms with Crippen molar-refractivity contribution in [1.82, 2.24) is 4.98 Å². The van der Waals surface area contributed by atoms with Crippen LogP contribution in [0.3, 0.4) is 0 Å². The van der Waals surface area contributed by atoms with Crippen molar-refractivity contribution in [3.05, 3.63) is 36.2 Å². The van der Waals surface area contributed by atoms with E-state index in [2.05, 4.69) is 4.98 Å². The Morgan fingerprint density at radius 3 is 2.43 bits per heavy atom. The van der Waals surface area contributed by atoms with Crippen LogP contribution in [0.15, 0.2) is 30.5 Å². The maximum atomic E-state index is 11.3. The molecule has 0 spiro atoms. The molecule has 70 valence electrons. The van der Waals surface area contributed by atoms with Gasteiger partial charge in [-0.3, -0.25) is 14.6 Å². The fraction of sp³-hybridized carbons (Fsp3) is 0.100. The zero-order valence-electron chi connectivity index (χ0n) is 7.60. The lowest BCUT2D eigenvalue weighted by molar-refractivity contribution is -0.119. The SMILES string of the molecule is Cc1cc(N2C(=O)C=CC2=O)ccn1. The van der Waals surface area contributed by atoms with E-state index in [4.69, 9.17) is 0 Å². The van der Waals surface area contributed by atoms with Gasteiger partial charge in [-0.1, -0.05) is 0 Å². The average Bonchev–Trinajstić information content (AvgIpc) is 2.46. The number of aromatic nitrogens is 1. The standard InChI is InChI=1S/C10H8N2O2/c1-7-6-8(4-5-11-7)12-9(13)2-3-10(12)14/h2-6H,1H3. The van der Waals surface area contributed by atoms with Gasteiger partial charge in [-0.25, -0.2) is 4.90 Å². The second-order valence-electron chi connectivity index (χ2n) is 3.00. The van der Waals surface area contributed by atoms with Gasteiger partial charge >= 0.3 is 0 Å². The molecular formula is C10H8N2O2. The quantitative estimate of drug-likeness (QED) is 0.613. The van der Waals surface area contributed by atoms with E-state index in [1.54, 1.807) is 18.3 Å². The third kappa shape index (κ3) is 1.31. The molecule has 4 nitrogen and oxygen atoms in total. The number of pyridine rings is 1. The lowest BCUT2D eigenvalue weighted by Crippen LogP contribution is -2.29. The summed E-state index contributed by atoms with van der Waals surface area (Å²) in [6, 6.07) is 3.33. The lowest BCUT2D eigenvalue weighted by Gasteiger charge is -2.13. The second-order valence-corrected chi connectivity index (χ2v) is 3.00. The molecule has 1 aliphatic heterocycles. The summed E-state index contributed by atoms with van der Waals surface area (Å²) in [5.41, 5.74) is 1.34. The number of hydrogen-bond acceptors (Lipinski definition) is 3. The van der Waals surface area contributed by atoms with E-state index in [-0.39, 0.29) is 11.8 Å². The molecule has 0 atom stereocenters. The van der Waals surface area contributed by atoms with Crippen LogP contribution in [-0.4, -0.2) is 16.8 Å². The molecule has 1 aromatic heterocycles. The number of hydrogen-bond donors (Lipinski definition) is 0. The van der Waals surface area contributed by atoms with Crippen molar-refractivity contribution in [3.63, 3.8) is 0 Å². The Morgan fingerprint density at radius 1 is 1.21 bits per heavy atom. The molecule has 4 heteroatoms. The Balaban J connectivity index is 2.41. The zero-order valence-corrected chi connectivity index (χ0v) is 7.60. The van der Waals surface area contributed by atoms with Gasteiger partial charge in [0, 0.05) is 24.0 Å². The molecular weight excluding hydrogens is 180 g/mol. The van der Waals surface area contributed by atoms with Crippen molar-refractivity contribution >= 4 is 17.5 Å². The molecule has 0 fully saturated rings. The predicted octanol–water partition coefficient (Wildman–Crippen LogP) is 0.819. The topological polar surface area (TPSA) is 50.3 Å². The van der Waals surface area contributed by atoms with Crippen LogP contribution in [-0.2, 0) is 9.59 Å². The summed E-state index contributed by atoms with van der Waals surface area (Å²) in [6.07, 6.45) is 4.10. The van der Waals surface area contributed by atoms with Gasteiger partial charge in [0.25, 0.3) is 11.8 Å². The normalized spacial score (nSPS) is 15.4. The number of amides is 2. The molecule has 2 rings (SSSR count). The van der Waals surface area contributed by atoms with Gasteiger partial charge < -0.3 is 0 Å². The van der Waals surface area contributed by atoms with E-state index < -0.39 is 0 Å². The molecule has 14 heavy (non-hydrogen) atoms. The molecule has 0 saturated heterocycles. The number of aryl methyl sites for hydroxylation is 1. The summed E-state index contributed by atoms with van der Waals surface area (Å²) in [6.45, 7) is 1.81. The molecule has 0 unspecified atom stereocenters. The van der Waals surface area contributed by atoms with E-state index in [9.17, 15) is 9.59 Å². The molecule has 2 amide bonds. The fourth-order valence-electron chi connectivity index (χ4n) is 1.32. The number of imide groups is 1. The molecule has 0 radical (unpaired) electrons. The minimum Gasteiger partial charge on any atom is -0.269 e. The molecule has 0 aliphatic carbocycles. The summed E-state index contributed by atoms with van der Waals surface area (Å²) in [7, 11) is 0. The van der Waals surface area contributed by atoms with Crippen molar-refractivity contribution in [2.24, 2.45) is 0 Å². The Bertz CT molecular complexity index is 420. The van der Waals surface area contributed by atoms with Crippen LogP contribution in [0, 0.1) is 6.92 Å². The summed E-state index contributed by atoms with van der Waals surface area (Å²) in [5.74, 6) is -0.610. The molecule has 2 heterocycles. The van der Waals surface area contributed by atoms with Crippen LogP contribution >= 0.6 is 0 Å². The van der Waals surface area contributed by atoms with Crippen molar-refractivity contribution in [1.29, 1.82) is 0 Å². The number of nitrogens with zero attached hydrogens (tertiary/aromatic N) is 2. The van der Waals surface area contributed by atoms with Crippen molar-refractivity contribution < 1.29 is 9.59 Å². The van der Waals surface area contributed by atoms with Gasteiger partial charge in [0.05, 0.1) is 5.69 Å². The van der Waals surface area contributed by atoms with E-state index in [0.29, 0.717) is 5.69 Å². The van der Waals surface area contributed by atoms with Crippen molar-refractivity contribution in [3.8, 4) is 0 Å². The van der Waals surface area contributed by atoms with E-state index in [1.165, 1.54) is 12.2 Å². The molecule has 0 N–H and O–H groups in total. The minimum atomic E-state index is -0.305. The van der Waals surface area contributed by atoms with Crippen LogP contribution in [0.2, 0.25) is 0 Å². The van der Waals surface area contributed by atoms with Crippen molar-refractivity contribution in [2.75, 3.05) is 4.90 Å². The van der Waals surface area contributed by atoms with Crippen LogP contribution in [0.25, 0.3) is 0 Å². The van der Waals surface area contributed by atoms with Gasteiger partial charge in [0.15, 0.2) is 0 Å². The van der Waals surface area contributed by atoms with E-state index >= 15 is 0 Å². The smallest absolute Gasteiger partial charge is 0.258 e. The number of rotatable bonds is 1. The minimum absolute atomic E-state index is 0.305. The predicted molar refractivity (Wildman–Crippen MR) is 50.6 cm³/mol. The monoisotopic (exact) mass is 188 g/mol. The van der Waals surface area contributed by atoms with Gasteiger partial charge in [0.1, 0.15) is 0 Å². The first kappa shape index (κ1) is 8.62. The van der Waals surface area contributed by atoms with Crippen LogP contribution < -0.4 is 4.90 Å². The molecule has 0 aromatic carbocycles. The molecule has 0 saturated carbocycles. The van der Waals surface area contributed by atoms with E-state index in [1.807, 2.05) is 6.92 Å². The summed E-state index contributed by atoms with van der Waals surface area (Å²) >= 11 is 0. The third-order valence-corrected chi connectivity index (χ3v) is 1.95. The summed E-state index contributed by atoms with van der Waals surface area (Å²) in [4.78, 5) is 27.7. The third-order valence-electron chi connectivity index (χ3n) is 1.95. The highest BCUT2D eigenvalue weighted by molar-refractivity contribution is 6.28. The summed E-state index contributed by atoms with van der Waals surface area (Å²) < 4.78 is 0. The maximum Gasteiger partial charge on any atom is 0.258 e.